The Morgan fingerprint density at radius 1 is 1.59 bits per heavy atom. The van der Waals surface area contributed by atoms with Gasteiger partial charge in [0.1, 0.15) is 6.04 Å². The van der Waals surface area contributed by atoms with Crippen LogP contribution >= 0.6 is 0 Å². The van der Waals surface area contributed by atoms with Gasteiger partial charge in [0.25, 0.3) is 0 Å². The highest BCUT2D eigenvalue weighted by molar-refractivity contribution is 5.73. The van der Waals surface area contributed by atoms with Crippen molar-refractivity contribution in [2.75, 3.05) is 33.3 Å². The molecule has 0 amide bonds. The Morgan fingerprint density at radius 2 is 2.35 bits per heavy atom. The van der Waals surface area contributed by atoms with Crippen molar-refractivity contribution >= 4 is 5.97 Å². The predicted octanol–water partition coefficient (Wildman–Crippen LogP) is 0.550. The maximum absolute atomic E-state index is 11.0. The van der Waals surface area contributed by atoms with E-state index >= 15 is 0 Å². The van der Waals surface area contributed by atoms with Gasteiger partial charge in [-0.2, -0.15) is 0 Å². The molecular formula is C12H24N2O3. The molecule has 2 unspecified atom stereocenters. The number of likely N-dealkylation sites (N-methyl/N-ethyl adjacent to an activating group) is 2. The van der Waals surface area contributed by atoms with Crippen LogP contribution in [-0.2, 0) is 9.53 Å². The first kappa shape index (κ1) is 14.4. The van der Waals surface area contributed by atoms with Gasteiger partial charge in [-0.1, -0.05) is 6.92 Å². The summed E-state index contributed by atoms with van der Waals surface area (Å²) in [5, 5.41) is 12.0. The molecule has 0 saturated carbocycles. The molecule has 5 nitrogen and oxygen atoms in total. The van der Waals surface area contributed by atoms with E-state index < -0.39 is 12.0 Å². The van der Waals surface area contributed by atoms with Crippen LogP contribution in [0.3, 0.4) is 0 Å². The van der Waals surface area contributed by atoms with Crippen LogP contribution in [0.5, 0.6) is 0 Å². The minimum atomic E-state index is -0.789. The SMILES string of the molecule is CCNC(CN(C)CC1CCCCO1)C(=O)O. The number of carboxylic acids is 1. The number of hydrogen-bond donors (Lipinski definition) is 2. The van der Waals surface area contributed by atoms with E-state index in [4.69, 9.17) is 9.84 Å². The summed E-state index contributed by atoms with van der Waals surface area (Å²) >= 11 is 0. The minimum absolute atomic E-state index is 0.268. The number of carbonyl (C=O) groups is 1. The molecule has 0 aromatic rings. The van der Waals surface area contributed by atoms with Gasteiger partial charge in [0.15, 0.2) is 0 Å². The van der Waals surface area contributed by atoms with Crippen LogP contribution < -0.4 is 5.32 Å². The predicted molar refractivity (Wildman–Crippen MR) is 66.2 cm³/mol. The second kappa shape index (κ2) is 7.63. The number of carboxylic acid groups (broad SMARTS) is 1. The van der Waals surface area contributed by atoms with Gasteiger partial charge < -0.3 is 20.1 Å². The Labute approximate surface area is 103 Å². The first-order valence-corrected chi connectivity index (χ1v) is 6.39. The second-order valence-electron chi connectivity index (χ2n) is 4.66. The highest BCUT2D eigenvalue weighted by atomic mass is 16.5. The van der Waals surface area contributed by atoms with E-state index in [0.717, 1.165) is 26.0 Å². The molecule has 0 aromatic carbocycles. The van der Waals surface area contributed by atoms with Gasteiger partial charge in [-0.05, 0) is 32.9 Å². The molecule has 2 atom stereocenters. The van der Waals surface area contributed by atoms with E-state index in [-0.39, 0.29) is 6.10 Å². The molecule has 1 aliphatic heterocycles. The van der Waals surface area contributed by atoms with Crippen molar-refractivity contribution in [2.24, 2.45) is 0 Å². The minimum Gasteiger partial charge on any atom is -0.480 e. The second-order valence-corrected chi connectivity index (χ2v) is 4.66. The molecule has 0 bridgehead atoms. The van der Waals surface area contributed by atoms with Crippen molar-refractivity contribution in [3.8, 4) is 0 Å². The number of aliphatic carboxylic acids is 1. The molecule has 100 valence electrons. The monoisotopic (exact) mass is 244 g/mol. The summed E-state index contributed by atoms with van der Waals surface area (Å²) in [5.41, 5.74) is 0. The van der Waals surface area contributed by atoms with Crippen molar-refractivity contribution in [2.45, 2.75) is 38.3 Å². The van der Waals surface area contributed by atoms with Gasteiger partial charge in [-0.15, -0.1) is 0 Å². The number of rotatable bonds is 7. The number of hydrogen-bond acceptors (Lipinski definition) is 4. The highest BCUT2D eigenvalue weighted by Crippen LogP contribution is 2.13. The normalized spacial score (nSPS) is 22.6. The molecule has 5 heteroatoms. The van der Waals surface area contributed by atoms with Gasteiger partial charge in [0.2, 0.25) is 0 Å². The van der Waals surface area contributed by atoms with Crippen LogP contribution in [-0.4, -0.2) is 61.4 Å². The van der Waals surface area contributed by atoms with Gasteiger partial charge in [0.05, 0.1) is 6.10 Å². The van der Waals surface area contributed by atoms with Crippen LogP contribution in [0, 0.1) is 0 Å². The van der Waals surface area contributed by atoms with Crippen LogP contribution in [0.2, 0.25) is 0 Å². The van der Waals surface area contributed by atoms with Gasteiger partial charge in [-0.25, -0.2) is 0 Å². The molecule has 1 saturated heterocycles. The van der Waals surface area contributed by atoms with Crippen LogP contribution in [0.1, 0.15) is 26.2 Å². The lowest BCUT2D eigenvalue weighted by Crippen LogP contribution is -2.47. The summed E-state index contributed by atoms with van der Waals surface area (Å²) in [4.78, 5) is 13.0. The summed E-state index contributed by atoms with van der Waals surface area (Å²) < 4.78 is 5.64. The first-order valence-electron chi connectivity index (χ1n) is 6.39. The molecule has 1 rings (SSSR count). The molecular weight excluding hydrogens is 220 g/mol. The lowest BCUT2D eigenvalue weighted by Gasteiger charge is -2.28. The zero-order chi connectivity index (χ0) is 12.7. The molecule has 17 heavy (non-hydrogen) atoms. The number of nitrogens with one attached hydrogen (secondary N) is 1. The van der Waals surface area contributed by atoms with E-state index in [1.54, 1.807) is 0 Å². The molecule has 0 radical (unpaired) electrons. The van der Waals surface area contributed by atoms with Crippen molar-refractivity contribution in [1.82, 2.24) is 10.2 Å². The van der Waals surface area contributed by atoms with E-state index in [1.807, 2.05) is 18.9 Å². The van der Waals surface area contributed by atoms with E-state index in [9.17, 15) is 4.79 Å². The Kier molecular flexibility index (Phi) is 6.47. The third-order valence-electron chi connectivity index (χ3n) is 3.03. The van der Waals surface area contributed by atoms with Crippen molar-refractivity contribution in [3.63, 3.8) is 0 Å². The Morgan fingerprint density at radius 3 is 2.88 bits per heavy atom. The summed E-state index contributed by atoms with van der Waals surface area (Å²) in [6.45, 7) is 4.76. The van der Waals surface area contributed by atoms with Gasteiger partial charge >= 0.3 is 5.97 Å². The lowest BCUT2D eigenvalue weighted by atomic mass is 10.1. The van der Waals surface area contributed by atoms with E-state index in [0.29, 0.717) is 13.1 Å². The summed E-state index contributed by atoms with van der Waals surface area (Å²) in [6.07, 6.45) is 3.72. The van der Waals surface area contributed by atoms with E-state index in [1.165, 1.54) is 6.42 Å². The fourth-order valence-electron chi connectivity index (χ4n) is 2.16. The van der Waals surface area contributed by atoms with Crippen molar-refractivity contribution in [3.05, 3.63) is 0 Å². The highest BCUT2D eigenvalue weighted by Gasteiger charge is 2.21. The molecule has 0 spiro atoms. The Balaban J connectivity index is 2.30. The number of ether oxygens (including phenoxy) is 1. The van der Waals surface area contributed by atoms with Crippen molar-refractivity contribution in [1.29, 1.82) is 0 Å². The summed E-state index contributed by atoms with van der Waals surface area (Å²) in [5.74, 6) is -0.789. The maximum atomic E-state index is 11.0. The summed E-state index contributed by atoms with van der Waals surface area (Å²) in [6, 6.07) is -0.492. The first-order chi connectivity index (χ1) is 8.13. The maximum Gasteiger partial charge on any atom is 0.322 e. The fourth-order valence-corrected chi connectivity index (χ4v) is 2.16. The van der Waals surface area contributed by atoms with Crippen molar-refractivity contribution < 1.29 is 14.6 Å². The molecule has 1 fully saturated rings. The molecule has 2 N–H and O–H groups in total. The smallest absolute Gasteiger partial charge is 0.322 e. The molecule has 1 heterocycles. The average Bonchev–Trinajstić information content (AvgIpc) is 2.29. The topological polar surface area (TPSA) is 61.8 Å². The molecule has 0 aromatic heterocycles. The standard InChI is InChI=1S/C12H24N2O3/c1-3-13-11(12(15)16)9-14(2)8-10-6-4-5-7-17-10/h10-11,13H,3-9H2,1-2H3,(H,15,16). The lowest BCUT2D eigenvalue weighted by molar-refractivity contribution is -0.140. The van der Waals surface area contributed by atoms with Gasteiger partial charge in [-0.3, -0.25) is 4.79 Å². The number of nitrogens with zero attached hydrogens (tertiary/aromatic N) is 1. The zero-order valence-electron chi connectivity index (χ0n) is 10.8. The third-order valence-corrected chi connectivity index (χ3v) is 3.03. The van der Waals surface area contributed by atoms with E-state index in [2.05, 4.69) is 5.32 Å². The van der Waals surface area contributed by atoms with Crippen LogP contribution in [0.15, 0.2) is 0 Å². The van der Waals surface area contributed by atoms with Gasteiger partial charge in [0, 0.05) is 19.7 Å². The quantitative estimate of drug-likeness (QED) is 0.685. The third kappa shape index (κ3) is 5.48. The molecule has 0 aliphatic carbocycles. The Bertz CT molecular complexity index is 230. The summed E-state index contributed by atoms with van der Waals surface area (Å²) in [7, 11) is 1.95. The fraction of sp³-hybridized carbons (Fsp3) is 0.917. The largest absolute Gasteiger partial charge is 0.480 e. The molecule has 1 aliphatic rings. The Hall–Kier alpha value is -0.650. The average molecular weight is 244 g/mol. The van der Waals surface area contributed by atoms with Crippen LogP contribution in [0.25, 0.3) is 0 Å². The van der Waals surface area contributed by atoms with Crippen LogP contribution in [0.4, 0.5) is 0 Å². The zero-order valence-corrected chi connectivity index (χ0v) is 10.8.